The highest BCUT2D eigenvalue weighted by molar-refractivity contribution is 6.03. The molecule has 0 aliphatic heterocycles. The fourth-order valence-electron chi connectivity index (χ4n) is 1.98. The first-order chi connectivity index (χ1) is 10.7. The molecule has 1 N–H and O–H groups in total. The number of rotatable bonds is 7. The molecule has 0 radical (unpaired) electrons. The van der Waals surface area contributed by atoms with Crippen molar-refractivity contribution in [2.75, 3.05) is 11.9 Å². The number of hydrogen-bond acceptors (Lipinski definition) is 3. The van der Waals surface area contributed by atoms with Crippen molar-refractivity contribution in [1.29, 1.82) is 0 Å². The Kier molecular flexibility index (Phi) is 5.36. The van der Waals surface area contributed by atoms with Crippen LogP contribution in [0.2, 0.25) is 0 Å². The zero-order valence-electron chi connectivity index (χ0n) is 13.0. The molecule has 1 aromatic carbocycles. The lowest BCUT2D eigenvalue weighted by Gasteiger charge is -2.14. The van der Waals surface area contributed by atoms with E-state index in [-0.39, 0.29) is 11.9 Å². The van der Waals surface area contributed by atoms with Crippen LogP contribution in [-0.2, 0) is 0 Å². The Morgan fingerprint density at radius 3 is 2.77 bits per heavy atom. The van der Waals surface area contributed by atoms with Crippen molar-refractivity contribution >= 4 is 11.7 Å². The van der Waals surface area contributed by atoms with Gasteiger partial charge in [-0.25, -0.2) is 4.68 Å². The van der Waals surface area contributed by atoms with Crippen molar-refractivity contribution in [1.82, 2.24) is 9.78 Å². The maximum Gasteiger partial charge on any atom is 0.256 e. The number of ether oxygens (including phenoxy) is 1. The lowest BCUT2D eigenvalue weighted by atomic mass is 10.2. The van der Waals surface area contributed by atoms with Crippen LogP contribution < -0.4 is 10.1 Å². The molecule has 1 unspecified atom stereocenters. The Balaban J connectivity index is 2.06. The lowest BCUT2D eigenvalue weighted by Crippen LogP contribution is -2.17. The molecule has 1 amide bonds. The van der Waals surface area contributed by atoms with Crippen molar-refractivity contribution in [2.24, 2.45) is 0 Å². The van der Waals surface area contributed by atoms with Gasteiger partial charge in [-0.05, 0) is 37.6 Å². The highest BCUT2D eigenvalue weighted by Crippen LogP contribution is 2.18. The van der Waals surface area contributed by atoms with E-state index in [9.17, 15) is 4.79 Å². The molecule has 0 saturated carbocycles. The van der Waals surface area contributed by atoms with Gasteiger partial charge in [0, 0.05) is 11.6 Å². The standard InChI is InChI=1S/C17H21N3O2/c1-4-12-22-15-8-6-14(7-9-15)17(21)19-16-10-11-18-20(16)13(3)5-2/h4,6-11,13H,1,5,12H2,2-3H3,(H,19,21). The summed E-state index contributed by atoms with van der Waals surface area (Å²) < 4.78 is 7.22. The molecule has 22 heavy (non-hydrogen) atoms. The quantitative estimate of drug-likeness (QED) is 0.794. The monoisotopic (exact) mass is 299 g/mol. The third kappa shape index (κ3) is 3.75. The van der Waals surface area contributed by atoms with Crippen molar-refractivity contribution in [2.45, 2.75) is 26.3 Å². The van der Waals surface area contributed by atoms with Gasteiger partial charge >= 0.3 is 0 Å². The van der Waals surface area contributed by atoms with E-state index in [1.807, 2.05) is 4.68 Å². The highest BCUT2D eigenvalue weighted by atomic mass is 16.5. The van der Waals surface area contributed by atoms with Crippen LogP contribution in [0.5, 0.6) is 5.75 Å². The number of carbonyl (C=O) groups is 1. The Hall–Kier alpha value is -2.56. The van der Waals surface area contributed by atoms with Gasteiger partial charge in [-0.15, -0.1) is 0 Å². The predicted octanol–water partition coefficient (Wildman–Crippen LogP) is 3.67. The first-order valence-corrected chi connectivity index (χ1v) is 7.34. The smallest absolute Gasteiger partial charge is 0.256 e. The van der Waals surface area contributed by atoms with E-state index in [1.54, 1.807) is 42.6 Å². The molecule has 1 aromatic heterocycles. The number of aromatic nitrogens is 2. The van der Waals surface area contributed by atoms with Gasteiger partial charge in [-0.2, -0.15) is 5.10 Å². The van der Waals surface area contributed by atoms with Crippen LogP contribution in [0.3, 0.4) is 0 Å². The molecular weight excluding hydrogens is 278 g/mol. The van der Waals surface area contributed by atoms with Crippen molar-refractivity contribution in [3.05, 3.63) is 54.7 Å². The largest absolute Gasteiger partial charge is 0.490 e. The predicted molar refractivity (Wildman–Crippen MR) is 87.3 cm³/mol. The van der Waals surface area contributed by atoms with Gasteiger partial charge in [0.25, 0.3) is 5.91 Å². The molecule has 1 atom stereocenters. The number of amides is 1. The summed E-state index contributed by atoms with van der Waals surface area (Å²) in [4.78, 5) is 12.3. The second kappa shape index (κ2) is 7.45. The molecule has 1 heterocycles. The van der Waals surface area contributed by atoms with Crippen molar-refractivity contribution < 1.29 is 9.53 Å². The first kappa shape index (κ1) is 15.8. The van der Waals surface area contributed by atoms with Crippen LogP contribution in [0.15, 0.2) is 49.2 Å². The molecule has 116 valence electrons. The van der Waals surface area contributed by atoms with E-state index in [1.165, 1.54) is 0 Å². The molecule has 0 saturated heterocycles. The number of nitrogens with one attached hydrogen (secondary N) is 1. The normalized spacial score (nSPS) is 11.7. The maximum absolute atomic E-state index is 12.3. The van der Waals surface area contributed by atoms with Crippen molar-refractivity contribution in [3.63, 3.8) is 0 Å². The van der Waals surface area contributed by atoms with E-state index < -0.39 is 0 Å². The number of anilines is 1. The fourth-order valence-corrected chi connectivity index (χ4v) is 1.98. The maximum atomic E-state index is 12.3. The lowest BCUT2D eigenvalue weighted by molar-refractivity contribution is 0.102. The first-order valence-electron chi connectivity index (χ1n) is 7.34. The third-order valence-corrected chi connectivity index (χ3v) is 3.40. The molecule has 0 fully saturated rings. The van der Waals surface area contributed by atoms with E-state index >= 15 is 0 Å². The Labute approximate surface area is 130 Å². The third-order valence-electron chi connectivity index (χ3n) is 3.40. The molecule has 2 aromatic rings. The SMILES string of the molecule is C=CCOc1ccc(C(=O)Nc2ccnn2C(C)CC)cc1. The average molecular weight is 299 g/mol. The van der Waals surface area contributed by atoms with E-state index in [4.69, 9.17) is 4.74 Å². The summed E-state index contributed by atoms with van der Waals surface area (Å²) in [5.41, 5.74) is 0.572. The van der Waals surface area contributed by atoms with Gasteiger partial charge in [0.2, 0.25) is 0 Å². The Bertz CT molecular complexity index is 632. The highest BCUT2D eigenvalue weighted by Gasteiger charge is 2.12. The minimum absolute atomic E-state index is 0.166. The second-order valence-corrected chi connectivity index (χ2v) is 5.00. The van der Waals surface area contributed by atoms with E-state index in [0.717, 1.165) is 6.42 Å². The topological polar surface area (TPSA) is 56.1 Å². The van der Waals surface area contributed by atoms with Gasteiger partial charge in [-0.3, -0.25) is 4.79 Å². The molecule has 0 bridgehead atoms. The molecule has 5 nitrogen and oxygen atoms in total. The van der Waals surface area contributed by atoms with Crippen LogP contribution in [0.25, 0.3) is 0 Å². The van der Waals surface area contributed by atoms with Gasteiger partial charge in [0.1, 0.15) is 18.2 Å². The second-order valence-electron chi connectivity index (χ2n) is 5.00. The molecule has 5 heteroatoms. The Morgan fingerprint density at radius 2 is 2.14 bits per heavy atom. The van der Waals surface area contributed by atoms with Gasteiger partial charge < -0.3 is 10.1 Å². The van der Waals surface area contributed by atoms with Crippen LogP contribution in [-0.4, -0.2) is 22.3 Å². The summed E-state index contributed by atoms with van der Waals surface area (Å²) in [6, 6.07) is 9.04. The number of benzene rings is 1. The molecule has 2 rings (SSSR count). The zero-order valence-corrected chi connectivity index (χ0v) is 13.0. The van der Waals surface area contributed by atoms with Gasteiger partial charge in [0.15, 0.2) is 0 Å². The number of carbonyl (C=O) groups excluding carboxylic acids is 1. The molecule has 0 spiro atoms. The number of nitrogens with zero attached hydrogens (tertiary/aromatic N) is 2. The summed E-state index contributed by atoms with van der Waals surface area (Å²) in [5.74, 6) is 1.24. The van der Waals surface area contributed by atoms with E-state index in [0.29, 0.717) is 23.7 Å². The molecular formula is C17H21N3O2. The summed E-state index contributed by atoms with van der Waals surface area (Å²) >= 11 is 0. The van der Waals surface area contributed by atoms with Gasteiger partial charge in [-0.1, -0.05) is 19.6 Å². The van der Waals surface area contributed by atoms with E-state index in [2.05, 4.69) is 30.8 Å². The van der Waals surface area contributed by atoms with Crippen LogP contribution in [0, 0.1) is 0 Å². The van der Waals surface area contributed by atoms with Crippen LogP contribution in [0.1, 0.15) is 36.7 Å². The minimum Gasteiger partial charge on any atom is -0.490 e. The summed E-state index contributed by atoms with van der Waals surface area (Å²) in [6.45, 7) is 8.19. The summed E-state index contributed by atoms with van der Waals surface area (Å²) in [7, 11) is 0. The van der Waals surface area contributed by atoms with Gasteiger partial charge in [0.05, 0.1) is 12.2 Å². The Morgan fingerprint density at radius 1 is 1.41 bits per heavy atom. The molecule has 0 aliphatic rings. The zero-order chi connectivity index (χ0) is 15.9. The average Bonchev–Trinajstić information content (AvgIpc) is 3.00. The summed E-state index contributed by atoms with van der Waals surface area (Å²) in [6.07, 6.45) is 4.31. The van der Waals surface area contributed by atoms with Crippen LogP contribution >= 0.6 is 0 Å². The fraction of sp³-hybridized carbons (Fsp3) is 0.294. The molecule has 0 aliphatic carbocycles. The number of hydrogen-bond donors (Lipinski definition) is 1. The van der Waals surface area contributed by atoms with Crippen molar-refractivity contribution in [3.8, 4) is 5.75 Å². The minimum atomic E-state index is -0.166. The van der Waals surface area contributed by atoms with Crippen LogP contribution in [0.4, 0.5) is 5.82 Å². The summed E-state index contributed by atoms with van der Waals surface area (Å²) in [5, 5.41) is 7.14.